The standard InChI is InChI=1S/C22H17N5O8S2.C7H6O3.CH2O.2Na/c23-19-8-10-20(18-12-16(36(30,31)32)6-7-17(18)19)26-25-14-3-1-13(2-4-14)24-21-9-5-15(27(28)29)11-22(21)37(33,34)35;8-6-4-2-1-3-5(6)7(9)10;1-2;;/h1-12,24H,23H2,(H,30,31,32)(H,33,34,35);1-4,8H,(H,9,10);1H2;;. The molecule has 0 bridgehead atoms. The van der Waals surface area contributed by atoms with Crippen molar-refractivity contribution in [2.75, 3.05) is 11.1 Å². The van der Waals surface area contributed by atoms with Crippen LogP contribution in [-0.4, -0.2) is 113 Å². The second-order valence-electron chi connectivity index (χ2n) is 9.46. The Labute approximate surface area is 334 Å². The number of nitrogen functional groups attached to an aromatic ring is 1. The molecule has 0 aliphatic rings. The van der Waals surface area contributed by atoms with E-state index in [2.05, 4.69) is 15.5 Å². The molecule has 51 heavy (non-hydrogen) atoms. The number of hydrogen-bond donors (Lipinski definition) is 6. The molecule has 2 radical (unpaired) electrons. The van der Waals surface area contributed by atoms with E-state index in [1.165, 1.54) is 60.7 Å². The van der Waals surface area contributed by atoms with Crippen molar-refractivity contribution >= 4 is 137 Å². The van der Waals surface area contributed by atoms with Crippen LogP contribution >= 0.6 is 0 Å². The first-order valence-electron chi connectivity index (χ1n) is 13.2. The van der Waals surface area contributed by atoms with E-state index in [0.717, 1.165) is 18.2 Å². The monoisotopic (exact) mass is 757 g/mol. The quantitative estimate of drug-likeness (QED) is 0.0299. The number of nitrogens with two attached hydrogens (primary N) is 1. The number of para-hydroxylation sites is 1. The molecule has 5 aromatic carbocycles. The Kier molecular flexibility index (Phi) is 17.0. The molecule has 17 nitrogen and oxygen atoms in total. The van der Waals surface area contributed by atoms with E-state index in [1.807, 2.05) is 6.79 Å². The van der Waals surface area contributed by atoms with E-state index >= 15 is 0 Å². The number of nitro groups is 1. The number of fused-ring (bicyclic) bond motifs is 1. The number of benzene rings is 5. The number of carbonyl (C=O) groups is 2. The van der Waals surface area contributed by atoms with Crippen LogP contribution in [0.5, 0.6) is 5.75 Å². The van der Waals surface area contributed by atoms with Gasteiger partial charge >= 0.3 is 5.97 Å². The van der Waals surface area contributed by atoms with Gasteiger partial charge in [0.25, 0.3) is 25.9 Å². The molecule has 5 rings (SSSR count). The molecular formula is C30H25N5Na2O12S2. The summed E-state index contributed by atoms with van der Waals surface area (Å²) in [5.74, 6) is -1.31. The van der Waals surface area contributed by atoms with Crippen LogP contribution in [0, 0.1) is 10.1 Å². The zero-order valence-corrected chi connectivity index (χ0v) is 32.4. The number of phenols is 1. The number of azo groups is 1. The van der Waals surface area contributed by atoms with Gasteiger partial charge in [0.2, 0.25) is 0 Å². The average molecular weight is 758 g/mol. The van der Waals surface area contributed by atoms with Crippen molar-refractivity contribution < 1.29 is 50.7 Å². The van der Waals surface area contributed by atoms with Crippen molar-refractivity contribution in [3.8, 4) is 5.75 Å². The normalized spacial score (nSPS) is 10.7. The predicted molar refractivity (Wildman–Crippen MR) is 189 cm³/mol. The SMILES string of the molecule is C=O.Nc1ccc(N=Nc2ccc(Nc3ccc([N+](=O)[O-])cc3S(=O)(=O)O)cc2)c2cc(S(=O)(=O)O)ccc12.O=C(O)c1ccccc1O.[Na].[Na]. The molecule has 0 aliphatic heterocycles. The molecule has 0 fully saturated rings. The van der Waals surface area contributed by atoms with Crippen molar-refractivity contribution in [1.82, 2.24) is 0 Å². The van der Waals surface area contributed by atoms with Crippen LogP contribution in [0.15, 0.2) is 117 Å². The smallest absolute Gasteiger partial charge is 0.339 e. The van der Waals surface area contributed by atoms with Gasteiger partial charge in [0.15, 0.2) is 0 Å². The molecule has 0 atom stereocenters. The summed E-state index contributed by atoms with van der Waals surface area (Å²) in [4.78, 5) is 27.4. The minimum atomic E-state index is -4.75. The van der Waals surface area contributed by atoms with Gasteiger partial charge in [-0.25, -0.2) is 4.79 Å². The summed E-state index contributed by atoms with van der Waals surface area (Å²) < 4.78 is 65.2. The molecule has 256 valence electrons. The first kappa shape index (κ1) is 44.7. The second kappa shape index (κ2) is 19.4. The third-order valence-corrected chi connectivity index (χ3v) is 8.05. The maximum atomic E-state index is 11.7. The Balaban J connectivity index is 0.000000796. The Morgan fingerprint density at radius 2 is 1.43 bits per heavy atom. The van der Waals surface area contributed by atoms with Gasteiger partial charge in [-0.1, -0.05) is 18.2 Å². The molecule has 21 heteroatoms. The zero-order valence-electron chi connectivity index (χ0n) is 26.7. The van der Waals surface area contributed by atoms with Crippen molar-refractivity contribution in [3.63, 3.8) is 0 Å². The van der Waals surface area contributed by atoms with Crippen LogP contribution in [0.25, 0.3) is 10.8 Å². The molecule has 0 saturated heterocycles. The minimum absolute atomic E-state index is 0. The number of carbonyl (C=O) groups excluding carboxylic acids is 1. The largest absolute Gasteiger partial charge is 0.507 e. The first-order chi connectivity index (χ1) is 23.0. The van der Waals surface area contributed by atoms with Crippen molar-refractivity contribution in [3.05, 3.63) is 113 Å². The summed E-state index contributed by atoms with van der Waals surface area (Å²) in [5, 5.41) is 40.2. The number of rotatable bonds is 8. The van der Waals surface area contributed by atoms with Crippen LogP contribution in [-0.2, 0) is 25.0 Å². The summed E-state index contributed by atoms with van der Waals surface area (Å²) in [6.07, 6.45) is 0. The van der Waals surface area contributed by atoms with E-state index < -0.39 is 41.7 Å². The van der Waals surface area contributed by atoms with Gasteiger partial charge in [0.05, 0.1) is 26.9 Å². The van der Waals surface area contributed by atoms with E-state index in [4.69, 9.17) is 20.7 Å². The van der Waals surface area contributed by atoms with Crippen LogP contribution in [0.1, 0.15) is 10.4 Å². The van der Waals surface area contributed by atoms with Crippen LogP contribution in [0.4, 0.5) is 34.1 Å². The van der Waals surface area contributed by atoms with E-state index in [1.54, 1.807) is 18.2 Å². The summed E-state index contributed by atoms with van der Waals surface area (Å²) in [5.41, 5.74) is 6.73. The molecule has 7 N–H and O–H groups in total. The fourth-order valence-electron chi connectivity index (χ4n) is 4.06. The van der Waals surface area contributed by atoms with Crippen molar-refractivity contribution in [2.24, 2.45) is 10.2 Å². The van der Waals surface area contributed by atoms with Gasteiger partial charge in [-0.3, -0.25) is 19.2 Å². The molecule has 0 aliphatic carbocycles. The van der Waals surface area contributed by atoms with Gasteiger partial charge in [-0.2, -0.15) is 21.9 Å². The number of hydrogen-bond acceptors (Lipinski definition) is 13. The summed E-state index contributed by atoms with van der Waals surface area (Å²) >= 11 is 0. The molecule has 0 amide bonds. The molecule has 0 saturated carbocycles. The number of aromatic carboxylic acids is 1. The fourth-order valence-corrected chi connectivity index (χ4v) is 5.23. The predicted octanol–water partition coefficient (Wildman–Crippen LogP) is 5.13. The van der Waals surface area contributed by atoms with E-state index in [9.17, 15) is 40.8 Å². The average Bonchev–Trinajstić information content (AvgIpc) is 3.05. The Morgan fingerprint density at radius 1 is 0.804 bits per heavy atom. The third kappa shape index (κ3) is 12.2. The third-order valence-electron chi connectivity index (χ3n) is 6.30. The first-order valence-corrected chi connectivity index (χ1v) is 16.1. The minimum Gasteiger partial charge on any atom is -0.507 e. The summed E-state index contributed by atoms with van der Waals surface area (Å²) in [6.45, 7) is 2.00. The molecule has 0 unspecified atom stereocenters. The van der Waals surface area contributed by atoms with Gasteiger partial charge in [0.1, 0.15) is 23.0 Å². The van der Waals surface area contributed by atoms with Crippen LogP contribution in [0.2, 0.25) is 0 Å². The Hall–Kier alpha value is -4.28. The van der Waals surface area contributed by atoms with Gasteiger partial charge in [0, 0.05) is 93.4 Å². The molecule has 5 aromatic rings. The number of non-ortho nitro benzene ring substituents is 1. The van der Waals surface area contributed by atoms with Crippen molar-refractivity contribution in [1.29, 1.82) is 0 Å². The number of anilines is 3. The van der Waals surface area contributed by atoms with E-state index in [0.29, 0.717) is 33.5 Å². The van der Waals surface area contributed by atoms with Crippen molar-refractivity contribution in [2.45, 2.75) is 9.79 Å². The van der Waals surface area contributed by atoms with Gasteiger partial charge in [-0.05, 0) is 66.7 Å². The molecule has 0 aromatic heterocycles. The number of aromatic hydroxyl groups is 1. The van der Waals surface area contributed by atoms with E-state index in [-0.39, 0.29) is 81.0 Å². The van der Waals surface area contributed by atoms with Crippen LogP contribution in [0.3, 0.4) is 0 Å². The number of carboxylic acid groups (broad SMARTS) is 1. The fraction of sp³-hybridized carbons (Fsp3) is 0. The topological polar surface area (TPSA) is 289 Å². The van der Waals surface area contributed by atoms with Gasteiger partial charge < -0.3 is 26.1 Å². The van der Waals surface area contributed by atoms with Crippen LogP contribution < -0.4 is 11.1 Å². The second-order valence-corrected chi connectivity index (χ2v) is 12.3. The molecular weight excluding hydrogens is 732 g/mol. The summed E-state index contributed by atoms with van der Waals surface area (Å²) in [7, 11) is -9.20. The Morgan fingerprint density at radius 3 is 1.96 bits per heavy atom. The molecule has 0 spiro atoms. The molecule has 0 heterocycles. The number of nitrogens with one attached hydrogen (secondary N) is 1. The maximum absolute atomic E-state index is 11.7. The number of nitrogens with zero attached hydrogens (tertiary/aromatic N) is 3. The Bertz CT molecular complexity index is 2290. The maximum Gasteiger partial charge on any atom is 0.339 e. The van der Waals surface area contributed by atoms with Gasteiger partial charge in [-0.15, -0.1) is 5.11 Å². The summed E-state index contributed by atoms with van der Waals surface area (Å²) in [6, 6.07) is 21.9. The number of carboxylic acids is 1. The zero-order chi connectivity index (χ0) is 36.5. The number of nitro benzene ring substituents is 1.